The Balaban J connectivity index is 0.000000176. The zero-order valence-corrected chi connectivity index (χ0v) is 50.1. The number of pyridine rings is 2. The lowest BCUT2D eigenvalue weighted by Crippen LogP contribution is -2.26. The summed E-state index contributed by atoms with van der Waals surface area (Å²) in [5, 5.41) is 23.8. The summed E-state index contributed by atoms with van der Waals surface area (Å²) in [6, 6.07) is 20.5. The van der Waals surface area contributed by atoms with E-state index >= 15 is 0 Å². The van der Waals surface area contributed by atoms with Crippen LogP contribution in [0.2, 0.25) is 61.4 Å². The third-order valence-electron chi connectivity index (χ3n) is 12.6. The molecule has 406 valence electrons. The normalized spacial score (nSPS) is 12.5. The molecule has 8 aromatic heterocycles. The lowest BCUT2D eigenvalue weighted by Gasteiger charge is -2.15. The molecule has 0 radical (unpaired) electrons. The van der Waals surface area contributed by atoms with Crippen LogP contribution >= 0.6 is 39.1 Å². The first-order valence-corrected chi connectivity index (χ1v) is 34.4. The monoisotopic (exact) mass is 1190 g/mol. The zero-order chi connectivity index (χ0) is 55.7. The second kappa shape index (κ2) is 25.4. The zero-order valence-electron chi connectivity index (χ0n) is 45.0. The Morgan fingerprint density at radius 3 is 1.74 bits per heavy atom. The van der Waals surface area contributed by atoms with Crippen LogP contribution < -0.4 is 10.6 Å². The van der Waals surface area contributed by atoms with E-state index in [-0.39, 0.29) is 30.6 Å². The van der Waals surface area contributed by atoms with Crippen LogP contribution in [0.5, 0.6) is 0 Å². The molecule has 2 unspecified atom stereocenters. The molecule has 0 aliphatic rings. The first-order valence-electron chi connectivity index (χ1n) is 25.4. The van der Waals surface area contributed by atoms with Gasteiger partial charge in [0.15, 0.2) is 11.3 Å². The Kier molecular flexibility index (Phi) is 18.7. The smallest absolute Gasteiger partial charge is 0.255 e. The van der Waals surface area contributed by atoms with Crippen LogP contribution in [-0.4, -0.2) is 101 Å². The highest BCUT2D eigenvalue weighted by Crippen LogP contribution is 2.30. The summed E-state index contributed by atoms with van der Waals surface area (Å²) >= 11 is 15.3. The second-order valence-electron chi connectivity index (χ2n) is 21.2. The molecule has 23 heteroatoms. The van der Waals surface area contributed by atoms with Crippen LogP contribution in [0.1, 0.15) is 63.5 Å². The lowest BCUT2D eigenvalue weighted by molar-refractivity contribution is 0.0885. The molecule has 4 N–H and O–H groups in total. The number of aromatic nitrogens is 12. The summed E-state index contributed by atoms with van der Waals surface area (Å²) in [5.41, 5.74) is 8.96. The number of aryl methyl sites for hydroxylation is 1. The minimum absolute atomic E-state index is 0.178. The number of nitrogens with one attached hydrogen (secondary N) is 4. The molecule has 2 atom stereocenters. The minimum atomic E-state index is -1.23. The molecule has 78 heavy (non-hydrogen) atoms. The number of ether oxygens (including phenoxy) is 2. The standard InChI is InChI=1S/C27H30ClN7O2Si.C20H26BrN5O2Si.C8H7ClN2/c1-17(18-6-5-9-29-13-18)31-27(36)21-15-35(16-37-10-11-38(2,3)4)26-25(21)32-23(14-30-26)24-20-8-7-19(28)12-22(20)33-34-24;1-14(15-6-5-7-22-10-15)24-20(27)16-12-26(13-28-8-9-29(2,3)4)19-18(16)25-17(21)11-23-19;1-5-7-3-2-6(9)4-8(7)11-10-5/h5-9,12-15,17H,10-11,16H2,1-4H3,(H,31,36)(H,33,34);5-7,10-12,14H,8-9,13H2,1-4H3,(H,24,27);2-4H,1H3,(H,10,11). The summed E-state index contributed by atoms with van der Waals surface area (Å²) in [6.45, 7) is 21.7. The van der Waals surface area contributed by atoms with Crippen molar-refractivity contribution in [1.29, 1.82) is 0 Å². The van der Waals surface area contributed by atoms with Gasteiger partial charge in [-0.25, -0.2) is 19.9 Å². The average Bonchev–Trinajstić information content (AvgIpc) is 4.22. The molecular weight excluding hydrogens is 1130 g/mol. The molecule has 8 heterocycles. The molecule has 18 nitrogen and oxygen atoms in total. The number of benzene rings is 2. The van der Waals surface area contributed by atoms with Crippen LogP contribution in [0, 0.1) is 6.92 Å². The molecule has 0 bridgehead atoms. The number of hydrogen-bond donors (Lipinski definition) is 4. The predicted molar refractivity (Wildman–Crippen MR) is 317 cm³/mol. The first-order chi connectivity index (χ1) is 37.2. The van der Waals surface area contributed by atoms with Gasteiger partial charge in [-0.2, -0.15) is 10.2 Å². The van der Waals surface area contributed by atoms with E-state index in [0.29, 0.717) is 74.4 Å². The summed E-state index contributed by atoms with van der Waals surface area (Å²) in [5.74, 6) is -0.461. The third kappa shape index (κ3) is 14.9. The molecule has 10 aromatic rings. The number of aromatic amines is 2. The van der Waals surface area contributed by atoms with E-state index in [4.69, 9.17) is 37.7 Å². The topological polar surface area (TPSA) is 221 Å². The Labute approximate surface area is 472 Å². The van der Waals surface area contributed by atoms with Gasteiger partial charge >= 0.3 is 0 Å². The number of amides is 2. The maximum atomic E-state index is 13.5. The highest BCUT2D eigenvalue weighted by atomic mass is 79.9. The van der Waals surface area contributed by atoms with Crippen LogP contribution in [0.3, 0.4) is 0 Å². The molecule has 0 aliphatic carbocycles. The predicted octanol–water partition coefficient (Wildman–Crippen LogP) is 12.7. The molecule has 0 aliphatic heterocycles. The average molecular weight is 1190 g/mol. The van der Waals surface area contributed by atoms with Gasteiger partial charge in [0, 0.05) is 93.1 Å². The van der Waals surface area contributed by atoms with Crippen LogP contribution in [0.15, 0.2) is 115 Å². The highest BCUT2D eigenvalue weighted by molar-refractivity contribution is 9.10. The Bertz CT molecular complexity index is 3680. The van der Waals surface area contributed by atoms with Crippen LogP contribution in [-0.2, 0) is 22.9 Å². The van der Waals surface area contributed by atoms with Gasteiger partial charge in [0.1, 0.15) is 40.5 Å². The number of fused-ring (bicyclic) bond motifs is 4. The Morgan fingerprint density at radius 1 is 0.679 bits per heavy atom. The van der Waals surface area contributed by atoms with Gasteiger partial charge in [0.2, 0.25) is 0 Å². The van der Waals surface area contributed by atoms with Gasteiger partial charge in [0.25, 0.3) is 11.8 Å². The van der Waals surface area contributed by atoms with Crippen LogP contribution in [0.4, 0.5) is 0 Å². The van der Waals surface area contributed by atoms with Gasteiger partial charge < -0.3 is 29.2 Å². The van der Waals surface area contributed by atoms with Gasteiger partial charge in [-0.15, -0.1) is 0 Å². The molecule has 10 rings (SSSR count). The van der Waals surface area contributed by atoms with Crippen molar-refractivity contribution in [2.45, 2.75) is 97.7 Å². The maximum Gasteiger partial charge on any atom is 0.255 e. The van der Waals surface area contributed by atoms with Crippen molar-refractivity contribution in [3.63, 3.8) is 0 Å². The molecular formula is C55H63BrCl2N14O4Si2. The number of nitrogens with zero attached hydrogens (tertiary/aromatic N) is 10. The molecule has 2 amide bonds. The Hall–Kier alpha value is -6.73. The quantitative estimate of drug-likeness (QED) is 0.0494. The number of rotatable bonds is 17. The largest absolute Gasteiger partial charge is 0.361 e. The number of halogens is 3. The van der Waals surface area contributed by atoms with E-state index < -0.39 is 16.1 Å². The van der Waals surface area contributed by atoms with E-state index in [9.17, 15) is 9.59 Å². The summed E-state index contributed by atoms with van der Waals surface area (Å²) in [4.78, 5) is 53.2. The van der Waals surface area contributed by atoms with Gasteiger partial charge in [-0.3, -0.25) is 29.8 Å². The fourth-order valence-corrected chi connectivity index (χ4v) is 10.2. The van der Waals surface area contributed by atoms with Gasteiger partial charge in [0.05, 0.1) is 46.6 Å². The van der Waals surface area contributed by atoms with Crippen molar-refractivity contribution >= 4 is 111 Å². The number of carbonyl (C=O) groups excluding carboxylic acids is 2. The van der Waals surface area contributed by atoms with Crippen molar-refractivity contribution < 1.29 is 19.1 Å². The highest BCUT2D eigenvalue weighted by Gasteiger charge is 2.24. The third-order valence-corrected chi connectivity index (χ3v) is 16.8. The van der Waals surface area contributed by atoms with Gasteiger partial charge in [-0.05, 0) is 108 Å². The summed E-state index contributed by atoms with van der Waals surface area (Å²) in [7, 11) is -2.38. The summed E-state index contributed by atoms with van der Waals surface area (Å²) in [6.07, 6.45) is 13.7. The molecule has 0 saturated heterocycles. The fourth-order valence-electron chi connectivity index (χ4n) is 8.09. The summed E-state index contributed by atoms with van der Waals surface area (Å²) < 4.78 is 16.1. The molecule has 0 saturated carbocycles. The fraction of sp³-hybridized carbons (Fsp3) is 0.309. The van der Waals surface area contributed by atoms with Crippen molar-refractivity contribution in [3.8, 4) is 11.4 Å². The van der Waals surface area contributed by atoms with E-state index in [1.807, 2.05) is 90.6 Å². The number of H-pyrrole nitrogens is 2. The number of hydrogen-bond acceptors (Lipinski definition) is 12. The van der Waals surface area contributed by atoms with E-state index in [2.05, 4.69) is 111 Å². The minimum Gasteiger partial charge on any atom is -0.361 e. The first kappa shape index (κ1) is 57.4. The maximum absolute atomic E-state index is 13.5. The van der Waals surface area contributed by atoms with Crippen molar-refractivity contribution in [2.24, 2.45) is 0 Å². The number of carbonyl (C=O) groups is 2. The van der Waals surface area contributed by atoms with E-state index in [0.717, 1.165) is 55.7 Å². The van der Waals surface area contributed by atoms with Crippen LogP contribution in [0.25, 0.3) is 55.5 Å². The molecule has 0 fully saturated rings. The Morgan fingerprint density at radius 2 is 1.21 bits per heavy atom. The van der Waals surface area contributed by atoms with E-state index in [1.165, 1.54) is 0 Å². The molecule has 0 spiro atoms. The lowest BCUT2D eigenvalue weighted by atomic mass is 10.1. The van der Waals surface area contributed by atoms with Crippen molar-refractivity contribution in [3.05, 3.63) is 153 Å². The SMILES string of the molecule is CC(NC(=O)c1cn(COCC[Si](C)(C)C)c2ncc(-c3n[nH]c4cc(Cl)ccc34)nc12)c1cccnc1.CC(NC(=O)c1cn(COCC[Si](C)(C)C)c2ncc(Br)nc12)c1cccnc1.Cc1[nH]nc2cc(Cl)ccc12. The van der Waals surface area contributed by atoms with Crippen molar-refractivity contribution in [2.75, 3.05) is 13.2 Å². The van der Waals surface area contributed by atoms with Gasteiger partial charge in [-0.1, -0.05) is 74.6 Å². The second-order valence-corrected chi connectivity index (χ2v) is 34.2. The molecule has 2 aromatic carbocycles. The van der Waals surface area contributed by atoms with Crippen molar-refractivity contribution in [1.82, 2.24) is 70.1 Å². The van der Waals surface area contributed by atoms with E-state index in [1.54, 1.807) is 49.6 Å².